The lowest BCUT2D eigenvalue weighted by Gasteiger charge is -2.21. The fourth-order valence-corrected chi connectivity index (χ4v) is 3.82. The standard InChI is InChI=1S/C25H27N3O3/c1-3-22(19-13-12-17-8-4-5-9-18(17)14-19)27-16-20(15-26)24(29)28-23-11-7-6-10-21(23)25(30)31-2/h6-7,10-14,16,22,27H,3-5,8-9H2,1-2H3,(H,28,29)/b20-16-. The molecule has 1 amide bonds. The van der Waals surface area contributed by atoms with E-state index in [0.29, 0.717) is 5.69 Å². The lowest BCUT2D eigenvalue weighted by molar-refractivity contribution is -0.112. The van der Waals surface area contributed by atoms with Crippen molar-refractivity contribution in [3.8, 4) is 6.07 Å². The maximum Gasteiger partial charge on any atom is 0.339 e. The number of benzene rings is 2. The highest BCUT2D eigenvalue weighted by molar-refractivity contribution is 6.09. The predicted molar refractivity (Wildman–Crippen MR) is 119 cm³/mol. The molecule has 0 saturated heterocycles. The van der Waals surface area contributed by atoms with Crippen LogP contribution in [0.4, 0.5) is 5.69 Å². The summed E-state index contributed by atoms with van der Waals surface area (Å²) in [6, 6.07) is 15.0. The molecule has 2 aromatic rings. The number of rotatable bonds is 7. The number of aryl methyl sites for hydroxylation is 2. The number of anilines is 1. The lowest BCUT2D eigenvalue weighted by Crippen LogP contribution is -2.21. The van der Waals surface area contributed by atoms with Crippen LogP contribution < -0.4 is 10.6 Å². The van der Waals surface area contributed by atoms with Crippen molar-refractivity contribution in [3.05, 3.63) is 76.5 Å². The topological polar surface area (TPSA) is 91.2 Å². The number of nitrogens with zero attached hydrogens (tertiary/aromatic N) is 1. The van der Waals surface area contributed by atoms with Gasteiger partial charge in [-0.05, 0) is 60.9 Å². The Morgan fingerprint density at radius 2 is 1.90 bits per heavy atom. The summed E-state index contributed by atoms with van der Waals surface area (Å²) in [5.41, 5.74) is 4.41. The third-order valence-corrected chi connectivity index (χ3v) is 5.56. The molecule has 0 heterocycles. The van der Waals surface area contributed by atoms with Crippen LogP contribution in [0.25, 0.3) is 0 Å². The number of methoxy groups -OCH3 is 1. The molecule has 0 fully saturated rings. The van der Waals surface area contributed by atoms with Crippen molar-refractivity contribution >= 4 is 17.6 Å². The molecule has 0 radical (unpaired) electrons. The molecule has 0 bridgehead atoms. The first-order valence-electron chi connectivity index (χ1n) is 10.5. The van der Waals surface area contributed by atoms with Gasteiger partial charge in [0.2, 0.25) is 0 Å². The number of nitrogens with one attached hydrogen (secondary N) is 2. The van der Waals surface area contributed by atoms with Crippen LogP contribution in [0.15, 0.2) is 54.2 Å². The van der Waals surface area contributed by atoms with Gasteiger partial charge in [-0.1, -0.05) is 37.3 Å². The van der Waals surface area contributed by atoms with Crippen LogP contribution in [-0.2, 0) is 22.4 Å². The van der Waals surface area contributed by atoms with Gasteiger partial charge in [-0.25, -0.2) is 4.79 Å². The molecule has 31 heavy (non-hydrogen) atoms. The molecule has 6 heteroatoms. The average molecular weight is 418 g/mol. The average Bonchev–Trinajstić information content (AvgIpc) is 2.81. The molecule has 160 valence electrons. The second kappa shape index (κ2) is 10.4. The number of nitriles is 1. The van der Waals surface area contributed by atoms with E-state index in [2.05, 4.69) is 35.8 Å². The van der Waals surface area contributed by atoms with E-state index in [1.165, 1.54) is 37.3 Å². The van der Waals surface area contributed by atoms with E-state index >= 15 is 0 Å². The number of carbonyl (C=O) groups is 2. The van der Waals surface area contributed by atoms with Gasteiger partial charge in [-0.15, -0.1) is 0 Å². The van der Waals surface area contributed by atoms with Crippen LogP contribution in [0.1, 0.15) is 59.3 Å². The predicted octanol–water partition coefficient (Wildman–Crippen LogP) is 4.44. The third-order valence-electron chi connectivity index (χ3n) is 5.56. The van der Waals surface area contributed by atoms with Gasteiger partial charge in [-0.2, -0.15) is 5.26 Å². The van der Waals surface area contributed by atoms with Gasteiger partial charge in [-0.3, -0.25) is 4.79 Å². The maximum absolute atomic E-state index is 12.6. The summed E-state index contributed by atoms with van der Waals surface area (Å²) >= 11 is 0. The first-order valence-corrected chi connectivity index (χ1v) is 10.5. The van der Waals surface area contributed by atoms with Crippen molar-refractivity contribution in [2.45, 2.75) is 45.1 Å². The zero-order chi connectivity index (χ0) is 22.2. The van der Waals surface area contributed by atoms with Gasteiger partial charge in [0.15, 0.2) is 0 Å². The molecule has 3 rings (SSSR count). The Bertz CT molecular complexity index is 1040. The van der Waals surface area contributed by atoms with Crippen molar-refractivity contribution < 1.29 is 14.3 Å². The van der Waals surface area contributed by atoms with E-state index in [9.17, 15) is 14.9 Å². The van der Waals surface area contributed by atoms with E-state index < -0.39 is 11.9 Å². The normalized spacial score (nSPS) is 14.0. The van der Waals surface area contributed by atoms with E-state index in [4.69, 9.17) is 4.74 Å². The van der Waals surface area contributed by atoms with Crippen LogP contribution in [-0.4, -0.2) is 19.0 Å². The molecule has 2 N–H and O–H groups in total. The quantitative estimate of drug-likeness (QED) is 0.395. The van der Waals surface area contributed by atoms with Crippen LogP contribution >= 0.6 is 0 Å². The monoisotopic (exact) mass is 417 g/mol. The number of hydrogen-bond acceptors (Lipinski definition) is 5. The minimum Gasteiger partial charge on any atom is -0.465 e. The van der Waals surface area contributed by atoms with Crippen molar-refractivity contribution in [1.82, 2.24) is 5.32 Å². The molecule has 0 aromatic heterocycles. The van der Waals surface area contributed by atoms with E-state index in [0.717, 1.165) is 24.8 Å². The number of ether oxygens (including phenoxy) is 1. The third kappa shape index (κ3) is 5.32. The highest BCUT2D eigenvalue weighted by Gasteiger charge is 2.17. The summed E-state index contributed by atoms with van der Waals surface area (Å²) in [5, 5.41) is 15.4. The minimum absolute atomic E-state index is 0.00858. The van der Waals surface area contributed by atoms with Gasteiger partial charge in [0, 0.05) is 6.20 Å². The highest BCUT2D eigenvalue weighted by atomic mass is 16.5. The summed E-state index contributed by atoms with van der Waals surface area (Å²) in [5.74, 6) is -1.15. The van der Waals surface area contributed by atoms with Gasteiger partial charge in [0.1, 0.15) is 11.6 Å². The number of fused-ring (bicyclic) bond motifs is 1. The van der Waals surface area contributed by atoms with Gasteiger partial charge in [0.25, 0.3) is 5.91 Å². The number of hydrogen-bond donors (Lipinski definition) is 2. The fourth-order valence-electron chi connectivity index (χ4n) is 3.82. The molecule has 2 aromatic carbocycles. The zero-order valence-electron chi connectivity index (χ0n) is 17.9. The van der Waals surface area contributed by atoms with E-state index in [-0.39, 0.29) is 17.2 Å². The molecule has 1 aliphatic rings. The number of para-hydroxylation sites is 1. The fraction of sp³-hybridized carbons (Fsp3) is 0.320. The summed E-state index contributed by atoms with van der Waals surface area (Å²) in [6.07, 6.45) is 6.94. The van der Waals surface area contributed by atoms with Gasteiger partial charge in [0.05, 0.1) is 24.4 Å². The Morgan fingerprint density at radius 1 is 1.16 bits per heavy atom. The van der Waals surface area contributed by atoms with Crippen LogP contribution in [0, 0.1) is 11.3 Å². The van der Waals surface area contributed by atoms with Crippen LogP contribution in [0.5, 0.6) is 0 Å². The Balaban J connectivity index is 1.74. The van der Waals surface area contributed by atoms with Crippen molar-refractivity contribution in [2.24, 2.45) is 0 Å². The van der Waals surface area contributed by atoms with E-state index in [1.807, 2.05) is 6.07 Å². The second-order valence-corrected chi connectivity index (χ2v) is 7.52. The number of amides is 1. The van der Waals surface area contributed by atoms with E-state index in [1.54, 1.807) is 24.3 Å². The highest BCUT2D eigenvalue weighted by Crippen LogP contribution is 2.26. The largest absolute Gasteiger partial charge is 0.465 e. The Morgan fingerprint density at radius 3 is 2.61 bits per heavy atom. The molecule has 1 unspecified atom stereocenters. The van der Waals surface area contributed by atoms with Gasteiger partial charge < -0.3 is 15.4 Å². The van der Waals surface area contributed by atoms with Gasteiger partial charge >= 0.3 is 5.97 Å². The second-order valence-electron chi connectivity index (χ2n) is 7.52. The zero-order valence-corrected chi connectivity index (χ0v) is 17.9. The summed E-state index contributed by atoms with van der Waals surface area (Å²) in [7, 11) is 1.27. The number of carbonyl (C=O) groups excluding carboxylic acids is 2. The Kier molecular flexibility index (Phi) is 7.45. The first-order chi connectivity index (χ1) is 15.1. The molecule has 0 spiro atoms. The van der Waals surface area contributed by atoms with Crippen molar-refractivity contribution in [1.29, 1.82) is 5.26 Å². The first kappa shape index (κ1) is 22.1. The molecule has 6 nitrogen and oxygen atoms in total. The molecular formula is C25H27N3O3. The smallest absolute Gasteiger partial charge is 0.339 e. The van der Waals surface area contributed by atoms with Crippen LogP contribution in [0.3, 0.4) is 0 Å². The molecule has 1 atom stereocenters. The summed E-state index contributed by atoms with van der Waals surface area (Å²) in [4.78, 5) is 24.5. The molecule has 0 saturated carbocycles. The SMILES string of the molecule is CCC(N/C=C(/C#N)C(=O)Nc1ccccc1C(=O)OC)c1ccc2c(c1)CCCC2. The Hall–Kier alpha value is -3.59. The Labute approximate surface area is 182 Å². The van der Waals surface area contributed by atoms with Crippen molar-refractivity contribution in [2.75, 3.05) is 12.4 Å². The molecular weight excluding hydrogens is 390 g/mol. The maximum atomic E-state index is 12.6. The molecule has 0 aliphatic heterocycles. The summed E-state index contributed by atoms with van der Waals surface area (Å²) in [6.45, 7) is 2.06. The molecule has 1 aliphatic carbocycles. The number of esters is 1. The summed E-state index contributed by atoms with van der Waals surface area (Å²) < 4.78 is 4.75. The van der Waals surface area contributed by atoms with Crippen LogP contribution in [0.2, 0.25) is 0 Å². The lowest BCUT2D eigenvalue weighted by atomic mass is 9.89. The minimum atomic E-state index is -0.591. The van der Waals surface area contributed by atoms with Crippen molar-refractivity contribution in [3.63, 3.8) is 0 Å².